The van der Waals surface area contributed by atoms with Crippen LogP contribution in [0.4, 0.5) is 0 Å². The standard InChI is InChI=1S/C7H12N2/c1-4-9-6-5-7(2)8-3/h5-6H,3-4H2,1-2H3/b7-5-,9-6?. The van der Waals surface area contributed by atoms with Gasteiger partial charge in [-0.1, -0.05) is 0 Å². The van der Waals surface area contributed by atoms with Crippen LogP contribution in [-0.2, 0) is 0 Å². The maximum absolute atomic E-state index is 3.97. The topological polar surface area (TPSA) is 24.7 Å². The van der Waals surface area contributed by atoms with Crippen LogP contribution in [0.25, 0.3) is 0 Å². The van der Waals surface area contributed by atoms with Crippen LogP contribution in [0.2, 0.25) is 0 Å². The average Bonchev–Trinajstić information content (AvgIpc) is 1.89. The van der Waals surface area contributed by atoms with E-state index in [4.69, 9.17) is 0 Å². The monoisotopic (exact) mass is 124 g/mol. The minimum absolute atomic E-state index is 0.820. The lowest BCUT2D eigenvalue weighted by molar-refractivity contribution is 1.14. The van der Waals surface area contributed by atoms with Crippen molar-refractivity contribution in [3.8, 4) is 0 Å². The normalized spacial score (nSPS) is 12.4. The molecule has 9 heavy (non-hydrogen) atoms. The van der Waals surface area contributed by atoms with E-state index in [1.807, 2.05) is 19.9 Å². The Morgan fingerprint density at radius 2 is 2.33 bits per heavy atom. The molecule has 0 bridgehead atoms. The van der Waals surface area contributed by atoms with Crippen LogP contribution in [0.3, 0.4) is 0 Å². The SMILES string of the molecule is C=N/C(C)=C\C=NCC. The average molecular weight is 124 g/mol. The van der Waals surface area contributed by atoms with Gasteiger partial charge in [-0.05, 0) is 26.6 Å². The molecule has 0 aliphatic rings. The van der Waals surface area contributed by atoms with E-state index in [2.05, 4.69) is 16.7 Å². The fourth-order valence-corrected chi connectivity index (χ4v) is 0.319. The summed E-state index contributed by atoms with van der Waals surface area (Å²) in [5.41, 5.74) is 0.896. The Balaban J connectivity index is 3.68. The molecule has 50 valence electrons. The number of hydrogen-bond donors (Lipinski definition) is 0. The lowest BCUT2D eigenvalue weighted by atomic mass is 10.5. The highest BCUT2D eigenvalue weighted by Gasteiger charge is 1.73. The predicted molar refractivity (Wildman–Crippen MR) is 42.3 cm³/mol. The van der Waals surface area contributed by atoms with Gasteiger partial charge in [0.05, 0.1) is 0 Å². The summed E-state index contributed by atoms with van der Waals surface area (Å²) in [6, 6.07) is 0. The van der Waals surface area contributed by atoms with Crippen LogP contribution >= 0.6 is 0 Å². The van der Waals surface area contributed by atoms with Crippen molar-refractivity contribution >= 4 is 12.9 Å². The number of allylic oxidation sites excluding steroid dienone is 2. The van der Waals surface area contributed by atoms with Crippen molar-refractivity contribution < 1.29 is 0 Å². The molecule has 0 fully saturated rings. The molecule has 2 nitrogen and oxygen atoms in total. The predicted octanol–water partition coefficient (Wildman–Crippen LogP) is 1.68. The Bertz CT molecular complexity index is 134. The van der Waals surface area contributed by atoms with E-state index in [1.54, 1.807) is 6.21 Å². The third-order valence-corrected chi connectivity index (χ3v) is 0.853. The molecule has 0 rings (SSSR count). The molecule has 0 radical (unpaired) electrons. The third kappa shape index (κ3) is 4.94. The summed E-state index contributed by atoms with van der Waals surface area (Å²) in [6.45, 7) is 8.05. The summed E-state index contributed by atoms with van der Waals surface area (Å²) >= 11 is 0. The van der Waals surface area contributed by atoms with Crippen molar-refractivity contribution in [2.24, 2.45) is 9.98 Å². The summed E-state index contributed by atoms with van der Waals surface area (Å²) in [4.78, 5) is 7.65. The van der Waals surface area contributed by atoms with Crippen molar-refractivity contribution in [1.82, 2.24) is 0 Å². The molecular formula is C7H12N2. The van der Waals surface area contributed by atoms with Gasteiger partial charge in [0.2, 0.25) is 0 Å². The van der Waals surface area contributed by atoms with Crippen LogP contribution in [0.5, 0.6) is 0 Å². The highest BCUT2D eigenvalue weighted by atomic mass is 14.7. The van der Waals surface area contributed by atoms with Gasteiger partial charge in [0.25, 0.3) is 0 Å². The van der Waals surface area contributed by atoms with E-state index in [0.717, 1.165) is 12.2 Å². The molecule has 0 heterocycles. The second kappa shape index (κ2) is 5.22. The largest absolute Gasteiger partial charge is 0.293 e. The van der Waals surface area contributed by atoms with Crippen LogP contribution in [0.1, 0.15) is 13.8 Å². The number of aliphatic imine (C=N–C) groups is 2. The summed E-state index contributed by atoms with van der Waals surface area (Å²) in [5.74, 6) is 0. The smallest absolute Gasteiger partial charge is 0.0380 e. The minimum atomic E-state index is 0.820. The maximum atomic E-state index is 3.97. The molecule has 0 aliphatic heterocycles. The Morgan fingerprint density at radius 3 is 2.78 bits per heavy atom. The van der Waals surface area contributed by atoms with Gasteiger partial charge in [-0.15, -0.1) is 0 Å². The molecule has 0 spiro atoms. The fourth-order valence-electron chi connectivity index (χ4n) is 0.319. The first-order valence-corrected chi connectivity index (χ1v) is 2.94. The summed E-state index contributed by atoms with van der Waals surface area (Å²) < 4.78 is 0. The van der Waals surface area contributed by atoms with Crippen LogP contribution in [0, 0.1) is 0 Å². The van der Waals surface area contributed by atoms with Crippen LogP contribution in [-0.4, -0.2) is 19.5 Å². The van der Waals surface area contributed by atoms with E-state index in [1.165, 1.54) is 0 Å². The Morgan fingerprint density at radius 1 is 1.67 bits per heavy atom. The molecule has 0 aromatic carbocycles. The van der Waals surface area contributed by atoms with Gasteiger partial charge >= 0.3 is 0 Å². The first-order chi connectivity index (χ1) is 4.31. The molecule has 2 heteroatoms. The minimum Gasteiger partial charge on any atom is -0.293 e. The van der Waals surface area contributed by atoms with Gasteiger partial charge < -0.3 is 0 Å². The number of hydrogen-bond acceptors (Lipinski definition) is 2. The second-order valence-corrected chi connectivity index (χ2v) is 1.61. The molecule has 0 N–H and O–H groups in total. The Kier molecular flexibility index (Phi) is 4.69. The maximum Gasteiger partial charge on any atom is 0.0380 e. The number of nitrogens with zero attached hydrogens (tertiary/aromatic N) is 2. The zero-order valence-corrected chi connectivity index (χ0v) is 5.96. The van der Waals surface area contributed by atoms with E-state index in [-0.39, 0.29) is 0 Å². The van der Waals surface area contributed by atoms with E-state index in [9.17, 15) is 0 Å². The van der Waals surface area contributed by atoms with Gasteiger partial charge in [0.1, 0.15) is 0 Å². The zero-order chi connectivity index (χ0) is 7.11. The van der Waals surface area contributed by atoms with Gasteiger partial charge in [0.15, 0.2) is 0 Å². The van der Waals surface area contributed by atoms with E-state index < -0.39 is 0 Å². The van der Waals surface area contributed by atoms with Gasteiger partial charge in [0, 0.05) is 18.5 Å². The number of rotatable bonds is 3. The zero-order valence-electron chi connectivity index (χ0n) is 5.96. The van der Waals surface area contributed by atoms with Gasteiger partial charge in [-0.25, -0.2) is 0 Å². The van der Waals surface area contributed by atoms with Crippen molar-refractivity contribution in [2.45, 2.75) is 13.8 Å². The Labute approximate surface area is 56.0 Å². The molecule has 0 amide bonds. The van der Waals surface area contributed by atoms with Gasteiger partial charge in [-0.2, -0.15) is 0 Å². The summed E-state index contributed by atoms with van der Waals surface area (Å²) in [5, 5.41) is 0. The molecular weight excluding hydrogens is 112 g/mol. The second-order valence-electron chi connectivity index (χ2n) is 1.61. The summed E-state index contributed by atoms with van der Waals surface area (Å²) in [6.07, 6.45) is 3.57. The lowest BCUT2D eigenvalue weighted by Gasteiger charge is -1.82. The summed E-state index contributed by atoms with van der Waals surface area (Å²) in [7, 11) is 0. The van der Waals surface area contributed by atoms with Crippen LogP contribution in [0.15, 0.2) is 21.8 Å². The molecule has 0 aliphatic carbocycles. The quantitative estimate of drug-likeness (QED) is 0.511. The van der Waals surface area contributed by atoms with E-state index >= 15 is 0 Å². The van der Waals surface area contributed by atoms with Crippen molar-refractivity contribution in [3.05, 3.63) is 11.8 Å². The Hall–Kier alpha value is -0.920. The fraction of sp³-hybridized carbons (Fsp3) is 0.429. The molecule has 0 saturated carbocycles. The third-order valence-electron chi connectivity index (χ3n) is 0.853. The molecule has 0 atom stereocenters. The van der Waals surface area contributed by atoms with Crippen molar-refractivity contribution in [2.75, 3.05) is 6.54 Å². The first-order valence-electron chi connectivity index (χ1n) is 2.94. The van der Waals surface area contributed by atoms with Crippen molar-refractivity contribution in [1.29, 1.82) is 0 Å². The molecule has 0 aromatic heterocycles. The van der Waals surface area contributed by atoms with Crippen molar-refractivity contribution in [3.63, 3.8) is 0 Å². The van der Waals surface area contributed by atoms with Crippen LogP contribution < -0.4 is 0 Å². The van der Waals surface area contributed by atoms with E-state index in [0.29, 0.717) is 0 Å². The highest BCUT2D eigenvalue weighted by molar-refractivity contribution is 5.72. The highest BCUT2D eigenvalue weighted by Crippen LogP contribution is 1.87. The van der Waals surface area contributed by atoms with Gasteiger partial charge in [-0.3, -0.25) is 9.98 Å². The molecule has 0 aromatic rings. The first kappa shape index (κ1) is 8.08. The molecule has 0 saturated heterocycles. The lowest BCUT2D eigenvalue weighted by Crippen LogP contribution is -1.72. The molecule has 0 unspecified atom stereocenters.